The van der Waals surface area contributed by atoms with E-state index in [0.29, 0.717) is 27.4 Å². The second-order valence-electron chi connectivity index (χ2n) is 6.37. The van der Waals surface area contributed by atoms with Gasteiger partial charge in [-0.15, -0.1) is 0 Å². The maximum Gasteiger partial charge on any atom is 0.343 e. The van der Waals surface area contributed by atoms with Crippen molar-refractivity contribution in [3.8, 4) is 5.75 Å². The lowest BCUT2D eigenvalue weighted by Crippen LogP contribution is -2.29. The maximum atomic E-state index is 12.9. The first-order valence-electron chi connectivity index (χ1n) is 9.35. The summed E-state index contributed by atoms with van der Waals surface area (Å²) in [5.41, 5.74) is 1.59. The average molecular weight is 445 g/mol. The smallest absolute Gasteiger partial charge is 0.343 e. The molecular formula is C22H21ClN2O4S. The van der Waals surface area contributed by atoms with Crippen molar-refractivity contribution >= 4 is 52.2 Å². The Hall–Kier alpha value is -2.77. The molecule has 0 aliphatic carbocycles. The molecule has 0 radical (unpaired) electrons. The maximum absolute atomic E-state index is 12.9. The number of hydrogen-bond donors (Lipinski definition) is 0. The number of hydrogen-bond acceptors (Lipinski definition) is 6. The highest BCUT2D eigenvalue weighted by Gasteiger charge is 2.32. The van der Waals surface area contributed by atoms with Crippen molar-refractivity contribution < 1.29 is 19.1 Å². The van der Waals surface area contributed by atoms with Gasteiger partial charge in [0, 0.05) is 11.6 Å². The Bertz CT molecular complexity index is 972. The van der Waals surface area contributed by atoms with Crippen LogP contribution in [0.3, 0.4) is 0 Å². The molecule has 0 bridgehead atoms. The quantitative estimate of drug-likeness (QED) is 0.448. The Kier molecular flexibility index (Phi) is 7.54. The van der Waals surface area contributed by atoms with Crippen molar-refractivity contribution in [2.75, 3.05) is 20.3 Å². The number of halogens is 1. The number of amidine groups is 1. The van der Waals surface area contributed by atoms with E-state index in [0.717, 1.165) is 17.7 Å². The number of aliphatic imine (C=N–C) groups is 1. The van der Waals surface area contributed by atoms with E-state index < -0.39 is 5.97 Å². The molecular weight excluding hydrogens is 424 g/mol. The topological polar surface area (TPSA) is 68.2 Å². The minimum Gasteiger partial charge on any atom is -0.482 e. The molecule has 0 aromatic heterocycles. The number of esters is 1. The lowest BCUT2D eigenvalue weighted by molar-refractivity contribution is -0.142. The van der Waals surface area contributed by atoms with Gasteiger partial charge in [0.1, 0.15) is 5.75 Å². The van der Waals surface area contributed by atoms with Gasteiger partial charge in [0.25, 0.3) is 5.91 Å². The average Bonchev–Trinajstić information content (AvgIpc) is 3.03. The zero-order valence-electron chi connectivity index (χ0n) is 16.6. The van der Waals surface area contributed by atoms with E-state index in [4.69, 9.17) is 16.3 Å². The van der Waals surface area contributed by atoms with Gasteiger partial charge in [-0.1, -0.05) is 30.7 Å². The molecule has 0 atom stereocenters. The number of carbonyl (C=O) groups excluding carboxylic acids is 2. The monoisotopic (exact) mass is 444 g/mol. The SMILES string of the molecule is CCCN1C(=O)/C(=C/c2ccc(OCC(=O)OC)cc2)SC1=Nc1ccc(Cl)cc1. The largest absolute Gasteiger partial charge is 0.482 e. The zero-order valence-corrected chi connectivity index (χ0v) is 18.2. The van der Waals surface area contributed by atoms with Gasteiger partial charge in [0.2, 0.25) is 0 Å². The highest BCUT2D eigenvalue weighted by Crippen LogP contribution is 2.34. The van der Waals surface area contributed by atoms with Crippen LogP contribution >= 0.6 is 23.4 Å². The van der Waals surface area contributed by atoms with Crippen LogP contribution in [0.5, 0.6) is 5.75 Å². The lowest BCUT2D eigenvalue weighted by atomic mass is 10.2. The van der Waals surface area contributed by atoms with Gasteiger partial charge in [0.15, 0.2) is 11.8 Å². The molecule has 2 aromatic rings. The van der Waals surface area contributed by atoms with Gasteiger partial charge in [-0.2, -0.15) is 0 Å². The van der Waals surface area contributed by atoms with Crippen molar-refractivity contribution in [1.29, 1.82) is 0 Å². The molecule has 156 valence electrons. The van der Waals surface area contributed by atoms with Gasteiger partial charge in [-0.3, -0.25) is 9.69 Å². The van der Waals surface area contributed by atoms with Crippen molar-refractivity contribution in [2.45, 2.75) is 13.3 Å². The Morgan fingerprint density at radius 3 is 2.50 bits per heavy atom. The molecule has 1 amide bonds. The summed E-state index contributed by atoms with van der Waals surface area (Å²) in [7, 11) is 1.31. The molecule has 0 unspecified atom stereocenters. The number of thioether (sulfide) groups is 1. The number of methoxy groups -OCH3 is 1. The van der Waals surface area contributed by atoms with Gasteiger partial charge in [0.05, 0.1) is 17.7 Å². The minimum absolute atomic E-state index is 0.0689. The third-order valence-electron chi connectivity index (χ3n) is 4.15. The predicted molar refractivity (Wildman–Crippen MR) is 120 cm³/mol. The zero-order chi connectivity index (χ0) is 21.5. The second kappa shape index (κ2) is 10.3. The van der Waals surface area contributed by atoms with Crippen LogP contribution in [-0.4, -0.2) is 42.2 Å². The lowest BCUT2D eigenvalue weighted by Gasteiger charge is -2.13. The molecule has 0 saturated carbocycles. The highest BCUT2D eigenvalue weighted by molar-refractivity contribution is 8.18. The third-order valence-corrected chi connectivity index (χ3v) is 5.41. The molecule has 3 rings (SSSR count). The summed E-state index contributed by atoms with van der Waals surface area (Å²) in [6, 6.07) is 14.3. The van der Waals surface area contributed by atoms with Gasteiger partial charge < -0.3 is 9.47 Å². The summed E-state index contributed by atoms with van der Waals surface area (Å²) >= 11 is 7.28. The summed E-state index contributed by atoms with van der Waals surface area (Å²) in [5, 5.41) is 1.28. The molecule has 1 aliphatic heterocycles. The first-order valence-corrected chi connectivity index (χ1v) is 10.5. The molecule has 1 saturated heterocycles. The van der Waals surface area contributed by atoms with E-state index in [1.54, 1.807) is 29.2 Å². The van der Waals surface area contributed by atoms with E-state index in [9.17, 15) is 9.59 Å². The van der Waals surface area contributed by atoms with Crippen LogP contribution < -0.4 is 4.74 Å². The Labute approximate surface area is 184 Å². The fourth-order valence-electron chi connectivity index (χ4n) is 2.65. The van der Waals surface area contributed by atoms with Crippen molar-refractivity contribution in [1.82, 2.24) is 4.90 Å². The number of carbonyl (C=O) groups is 2. The van der Waals surface area contributed by atoms with E-state index in [2.05, 4.69) is 9.73 Å². The third kappa shape index (κ3) is 5.64. The van der Waals surface area contributed by atoms with Crippen molar-refractivity contribution in [3.05, 3.63) is 64.0 Å². The standard InChI is InChI=1S/C22H21ClN2O4S/c1-3-12-25-21(27)19(30-22(25)24-17-8-6-16(23)7-9-17)13-15-4-10-18(11-5-15)29-14-20(26)28-2/h4-11,13H,3,12,14H2,1-2H3/b19-13-,24-22?. The summed E-state index contributed by atoms with van der Waals surface area (Å²) < 4.78 is 9.89. The molecule has 6 nitrogen and oxygen atoms in total. The normalized spacial score (nSPS) is 16.4. The van der Waals surface area contributed by atoms with Crippen LogP contribution in [0.4, 0.5) is 5.69 Å². The van der Waals surface area contributed by atoms with Crippen molar-refractivity contribution in [3.63, 3.8) is 0 Å². The summed E-state index contributed by atoms with van der Waals surface area (Å²) in [5.74, 6) is 0.0313. The van der Waals surface area contributed by atoms with Crippen LogP contribution in [0, 0.1) is 0 Å². The number of amides is 1. The molecule has 0 N–H and O–H groups in total. The van der Waals surface area contributed by atoms with E-state index >= 15 is 0 Å². The van der Waals surface area contributed by atoms with Crippen LogP contribution in [0.15, 0.2) is 58.4 Å². The Morgan fingerprint density at radius 1 is 1.17 bits per heavy atom. The number of rotatable bonds is 7. The van der Waals surface area contributed by atoms with Gasteiger partial charge in [-0.05, 0) is 66.2 Å². The van der Waals surface area contributed by atoms with E-state index in [1.807, 2.05) is 37.3 Å². The second-order valence-corrected chi connectivity index (χ2v) is 7.82. The van der Waals surface area contributed by atoms with Crippen LogP contribution in [0.1, 0.15) is 18.9 Å². The number of nitrogens with zero attached hydrogens (tertiary/aromatic N) is 2. The molecule has 0 spiro atoms. The minimum atomic E-state index is -0.447. The van der Waals surface area contributed by atoms with Crippen molar-refractivity contribution in [2.24, 2.45) is 4.99 Å². The first-order chi connectivity index (χ1) is 14.5. The number of ether oxygens (including phenoxy) is 2. The number of benzene rings is 2. The molecule has 1 aliphatic rings. The molecule has 8 heteroatoms. The molecule has 2 aromatic carbocycles. The summed E-state index contributed by atoms with van der Waals surface area (Å²) in [4.78, 5) is 31.0. The van der Waals surface area contributed by atoms with Crippen LogP contribution in [0.25, 0.3) is 6.08 Å². The van der Waals surface area contributed by atoms with Gasteiger partial charge in [-0.25, -0.2) is 9.79 Å². The fraction of sp³-hybridized carbons (Fsp3) is 0.227. The highest BCUT2D eigenvalue weighted by atomic mass is 35.5. The van der Waals surface area contributed by atoms with Gasteiger partial charge >= 0.3 is 5.97 Å². The molecule has 30 heavy (non-hydrogen) atoms. The van der Waals surface area contributed by atoms with Crippen LogP contribution in [-0.2, 0) is 14.3 Å². The predicted octanol–water partition coefficient (Wildman–Crippen LogP) is 4.91. The molecule has 1 fully saturated rings. The summed E-state index contributed by atoms with van der Waals surface area (Å²) in [6.07, 6.45) is 2.65. The van der Waals surface area contributed by atoms with E-state index in [-0.39, 0.29) is 12.5 Å². The first kappa shape index (κ1) is 21.9. The molecule has 1 heterocycles. The van der Waals surface area contributed by atoms with Crippen LogP contribution in [0.2, 0.25) is 5.02 Å². The fourth-order valence-corrected chi connectivity index (χ4v) is 3.80. The van der Waals surface area contributed by atoms with E-state index in [1.165, 1.54) is 18.9 Å². The Balaban J connectivity index is 1.78. The summed E-state index contributed by atoms with van der Waals surface area (Å²) in [6.45, 7) is 2.46. The Morgan fingerprint density at radius 2 is 1.87 bits per heavy atom.